The standard InChI is InChI=1S/C21H10F7NO4S2/c22-11-3-1-10(2-4-11)14-8-17(30)33-15-7-12(5-6-13(14)15)35(32)18-29-9-16(34-18)19(31,20(23,24)25)21(26,27)28/h1-9,31H. The van der Waals surface area contributed by atoms with Crippen molar-refractivity contribution in [1.29, 1.82) is 0 Å². The first kappa shape index (κ1) is 25.0. The number of hydrogen-bond donors (Lipinski definition) is 1. The second-order valence-corrected chi connectivity index (χ2v) is 9.79. The molecule has 0 saturated heterocycles. The van der Waals surface area contributed by atoms with E-state index >= 15 is 0 Å². The minimum atomic E-state index is -6.11. The summed E-state index contributed by atoms with van der Waals surface area (Å²) in [6.07, 6.45) is -12.1. The highest BCUT2D eigenvalue weighted by atomic mass is 32.2. The molecule has 4 rings (SSSR count). The van der Waals surface area contributed by atoms with E-state index in [9.17, 15) is 44.8 Å². The summed E-state index contributed by atoms with van der Waals surface area (Å²) in [4.78, 5) is 13.7. The smallest absolute Gasteiger partial charge is 0.423 e. The molecule has 0 amide bonds. The predicted octanol–water partition coefficient (Wildman–Crippen LogP) is 5.53. The molecule has 1 N–H and O–H groups in total. The van der Waals surface area contributed by atoms with Gasteiger partial charge in [-0.3, -0.25) is 0 Å². The van der Waals surface area contributed by atoms with Gasteiger partial charge in [0.1, 0.15) is 22.2 Å². The Morgan fingerprint density at radius 2 is 1.57 bits per heavy atom. The van der Waals surface area contributed by atoms with Gasteiger partial charge in [0.2, 0.25) is 0 Å². The fraction of sp³-hybridized carbons (Fsp3) is 0.143. The Hall–Kier alpha value is -3.10. The van der Waals surface area contributed by atoms with Crippen LogP contribution >= 0.6 is 11.3 Å². The van der Waals surface area contributed by atoms with Crippen molar-refractivity contribution in [3.8, 4) is 11.1 Å². The van der Waals surface area contributed by atoms with E-state index in [2.05, 4.69) is 4.98 Å². The van der Waals surface area contributed by atoms with E-state index in [0.29, 0.717) is 16.5 Å². The molecule has 1 atom stereocenters. The van der Waals surface area contributed by atoms with Crippen LogP contribution in [0.2, 0.25) is 0 Å². The number of alkyl halides is 6. The number of halogens is 7. The maximum atomic E-state index is 13.2. The molecule has 35 heavy (non-hydrogen) atoms. The molecule has 4 aromatic rings. The first-order valence-electron chi connectivity index (χ1n) is 9.30. The van der Waals surface area contributed by atoms with Crippen LogP contribution in [0.25, 0.3) is 22.1 Å². The van der Waals surface area contributed by atoms with Crippen LogP contribution in [0, 0.1) is 5.82 Å². The van der Waals surface area contributed by atoms with Gasteiger partial charge in [0.15, 0.2) is 4.34 Å². The van der Waals surface area contributed by atoms with E-state index in [4.69, 9.17) is 4.42 Å². The van der Waals surface area contributed by atoms with Crippen molar-refractivity contribution < 1.29 is 44.5 Å². The van der Waals surface area contributed by atoms with Gasteiger partial charge in [0.25, 0.3) is 5.60 Å². The third-order valence-corrected chi connectivity index (χ3v) is 7.62. The number of aromatic nitrogens is 1. The van der Waals surface area contributed by atoms with Gasteiger partial charge in [-0.05, 0) is 41.5 Å². The van der Waals surface area contributed by atoms with Crippen molar-refractivity contribution in [2.75, 3.05) is 0 Å². The van der Waals surface area contributed by atoms with Gasteiger partial charge in [-0.1, -0.05) is 12.1 Å². The highest BCUT2D eigenvalue weighted by Gasteiger charge is 2.72. The van der Waals surface area contributed by atoms with Gasteiger partial charge < -0.3 is 9.52 Å². The van der Waals surface area contributed by atoms with Gasteiger partial charge in [-0.15, -0.1) is 11.3 Å². The third kappa shape index (κ3) is 4.36. The molecule has 0 fully saturated rings. The zero-order chi connectivity index (χ0) is 25.8. The average molecular weight is 537 g/mol. The lowest BCUT2D eigenvalue weighted by atomic mass is 10.0. The fourth-order valence-electron chi connectivity index (χ4n) is 3.18. The largest absolute Gasteiger partial charge is 0.431 e. The summed E-state index contributed by atoms with van der Waals surface area (Å²) in [6, 6.07) is 10.1. The molecule has 1 unspecified atom stereocenters. The highest BCUT2D eigenvalue weighted by Crippen LogP contribution is 2.51. The van der Waals surface area contributed by atoms with Crippen molar-refractivity contribution >= 4 is 33.1 Å². The van der Waals surface area contributed by atoms with Gasteiger partial charge in [-0.25, -0.2) is 18.4 Å². The van der Waals surface area contributed by atoms with Crippen LogP contribution in [0.4, 0.5) is 30.7 Å². The average Bonchev–Trinajstić information content (AvgIpc) is 3.26. The maximum Gasteiger partial charge on any atom is 0.431 e. The fourth-order valence-corrected chi connectivity index (χ4v) is 5.57. The number of fused-ring (bicyclic) bond motifs is 1. The Balaban J connectivity index is 1.76. The van der Waals surface area contributed by atoms with Crippen molar-refractivity contribution in [2.45, 2.75) is 27.2 Å². The van der Waals surface area contributed by atoms with Crippen LogP contribution < -0.4 is 5.63 Å². The number of benzene rings is 2. The van der Waals surface area contributed by atoms with E-state index < -0.39 is 49.4 Å². The molecule has 2 aromatic carbocycles. The molecule has 0 spiro atoms. The van der Waals surface area contributed by atoms with Gasteiger partial charge in [-0.2, -0.15) is 26.3 Å². The van der Waals surface area contributed by atoms with Crippen molar-refractivity contribution in [1.82, 2.24) is 4.98 Å². The van der Waals surface area contributed by atoms with Crippen LogP contribution in [0.3, 0.4) is 0 Å². The Morgan fingerprint density at radius 3 is 2.17 bits per heavy atom. The molecule has 0 aliphatic heterocycles. The van der Waals surface area contributed by atoms with E-state index in [-0.39, 0.29) is 28.0 Å². The minimum absolute atomic E-state index is 0.0819. The highest BCUT2D eigenvalue weighted by molar-refractivity contribution is 7.87. The first-order chi connectivity index (χ1) is 16.2. The topological polar surface area (TPSA) is 80.4 Å². The molecule has 184 valence electrons. The second kappa shape index (κ2) is 8.53. The molecule has 0 saturated carbocycles. The summed E-state index contributed by atoms with van der Waals surface area (Å²) in [5.41, 5.74) is -5.27. The molecule has 0 aliphatic rings. The quantitative estimate of drug-likeness (QED) is 0.273. The lowest BCUT2D eigenvalue weighted by Crippen LogP contribution is -2.53. The number of rotatable bonds is 4. The molecule has 0 aliphatic carbocycles. The predicted molar refractivity (Wildman–Crippen MR) is 111 cm³/mol. The summed E-state index contributed by atoms with van der Waals surface area (Å²) < 4.78 is 109. The van der Waals surface area contributed by atoms with Crippen LogP contribution in [0.15, 0.2) is 73.2 Å². The number of aliphatic hydroxyl groups is 1. The van der Waals surface area contributed by atoms with Gasteiger partial charge in [0.05, 0.1) is 4.88 Å². The van der Waals surface area contributed by atoms with E-state index in [1.165, 1.54) is 36.4 Å². The van der Waals surface area contributed by atoms with Gasteiger partial charge >= 0.3 is 18.0 Å². The normalized spacial score (nSPS) is 13.8. The van der Waals surface area contributed by atoms with Crippen molar-refractivity contribution in [3.05, 3.63) is 75.8 Å². The summed E-state index contributed by atoms with van der Waals surface area (Å²) in [6.45, 7) is 0. The molecule has 0 bridgehead atoms. The monoisotopic (exact) mass is 537 g/mol. The molecule has 0 radical (unpaired) electrons. The van der Waals surface area contributed by atoms with Crippen LogP contribution in [-0.2, 0) is 16.4 Å². The Morgan fingerprint density at radius 1 is 0.943 bits per heavy atom. The third-order valence-electron chi connectivity index (χ3n) is 4.91. The zero-order valence-corrected chi connectivity index (χ0v) is 18.4. The Labute approximate surface area is 196 Å². The summed E-state index contributed by atoms with van der Waals surface area (Å²) >= 11 is -0.223. The van der Waals surface area contributed by atoms with Gasteiger partial charge in [0, 0.05) is 22.5 Å². The number of nitrogens with zero attached hydrogens (tertiary/aromatic N) is 1. The summed E-state index contributed by atoms with van der Waals surface area (Å²) in [5, 5.41) is 9.84. The van der Waals surface area contributed by atoms with Crippen LogP contribution in [0.1, 0.15) is 4.88 Å². The van der Waals surface area contributed by atoms with E-state index in [1.807, 2.05) is 0 Å². The Bertz CT molecular complexity index is 1480. The van der Waals surface area contributed by atoms with E-state index in [0.717, 1.165) is 12.1 Å². The first-order valence-corrected chi connectivity index (χ1v) is 11.3. The lowest BCUT2D eigenvalue weighted by Gasteiger charge is -2.30. The number of hydrogen-bond acceptors (Lipinski definition) is 6. The molecule has 5 nitrogen and oxygen atoms in total. The molecule has 2 aromatic heterocycles. The molecular formula is C21H10F7NO4S2. The summed E-state index contributed by atoms with van der Waals surface area (Å²) in [5.74, 6) is -0.510. The lowest BCUT2D eigenvalue weighted by molar-refractivity contribution is -0.375. The maximum absolute atomic E-state index is 13.2. The molecule has 2 heterocycles. The number of thiazole rings is 1. The van der Waals surface area contributed by atoms with Crippen LogP contribution in [-0.4, -0.2) is 26.7 Å². The molecule has 14 heteroatoms. The van der Waals surface area contributed by atoms with Crippen molar-refractivity contribution in [3.63, 3.8) is 0 Å². The summed E-state index contributed by atoms with van der Waals surface area (Å²) in [7, 11) is -2.38. The van der Waals surface area contributed by atoms with E-state index in [1.54, 1.807) is 0 Å². The minimum Gasteiger partial charge on any atom is -0.423 e. The van der Waals surface area contributed by atoms with Crippen molar-refractivity contribution in [2.24, 2.45) is 0 Å². The van der Waals surface area contributed by atoms with Crippen LogP contribution in [0.5, 0.6) is 0 Å². The zero-order valence-electron chi connectivity index (χ0n) is 16.8. The molecular weight excluding hydrogens is 527 g/mol. The SMILES string of the molecule is O=c1cc(-c2ccc(F)cc2)c2ccc(S(=O)c3ncc(C(O)(C(F)(F)F)C(F)(F)F)s3)cc2o1. The Kier molecular flexibility index (Phi) is 6.10. The second-order valence-electron chi connectivity index (χ2n) is 7.11.